The molecule has 1 saturated carbocycles. The number of hydrogen-bond donors (Lipinski definition) is 1. The van der Waals surface area contributed by atoms with Crippen molar-refractivity contribution in [1.82, 2.24) is 15.1 Å². The van der Waals surface area contributed by atoms with Crippen LogP contribution in [0, 0.1) is 0 Å². The van der Waals surface area contributed by atoms with E-state index in [0.29, 0.717) is 29.8 Å². The van der Waals surface area contributed by atoms with Gasteiger partial charge in [-0.2, -0.15) is 5.10 Å². The molecule has 6 heteroatoms. The van der Waals surface area contributed by atoms with E-state index in [4.69, 9.17) is 16.3 Å². The van der Waals surface area contributed by atoms with Crippen LogP contribution in [-0.4, -0.2) is 41.2 Å². The Morgan fingerprint density at radius 3 is 2.82 bits per heavy atom. The molecule has 0 unspecified atom stereocenters. The van der Waals surface area contributed by atoms with Gasteiger partial charge in [-0.05, 0) is 43.2 Å². The van der Waals surface area contributed by atoms with E-state index in [1.807, 2.05) is 6.07 Å². The number of nitrogens with zero attached hydrogens (tertiary/aromatic N) is 2. The minimum absolute atomic E-state index is 0.0946. The minimum atomic E-state index is -0.0946. The van der Waals surface area contributed by atoms with Gasteiger partial charge in [0.2, 0.25) is 0 Å². The standard InChI is InChI=1S/C16H18ClN3O2/c1-20(8-9-22-13-6-4-12(17)5-7-13)16(21)15-10-14(18-19-15)11-2-3-11/h4-7,10-11H,2-3,8-9H2,1H3,(H,18,19). The maximum atomic E-state index is 12.3. The largest absolute Gasteiger partial charge is 0.492 e. The zero-order chi connectivity index (χ0) is 15.5. The summed E-state index contributed by atoms with van der Waals surface area (Å²) in [4.78, 5) is 13.9. The summed E-state index contributed by atoms with van der Waals surface area (Å²) in [5.74, 6) is 1.21. The maximum Gasteiger partial charge on any atom is 0.274 e. The van der Waals surface area contributed by atoms with E-state index in [1.54, 1.807) is 36.2 Å². The summed E-state index contributed by atoms with van der Waals surface area (Å²) < 4.78 is 5.59. The number of hydrogen-bond acceptors (Lipinski definition) is 3. The molecule has 0 aliphatic heterocycles. The van der Waals surface area contributed by atoms with Crippen molar-refractivity contribution in [3.05, 3.63) is 46.7 Å². The van der Waals surface area contributed by atoms with Gasteiger partial charge in [0, 0.05) is 23.7 Å². The molecule has 1 N–H and O–H groups in total. The van der Waals surface area contributed by atoms with Crippen molar-refractivity contribution >= 4 is 17.5 Å². The minimum Gasteiger partial charge on any atom is -0.492 e. The van der Waals surface area contributed by atoms with Crippen molar-refractivity contribution in [2.24, 2.45) is 0 Å². The van der Waals surface area contributed by atoms with Gasteiger partial charge in [-0.25, -0.2) is 0 Å². The summed E-state index contributed by atoms with van der Waals surface area (Å²) in [5.41, 5.74) is 1.53. The SMILES string of the molecule is CN(CCOc1ccc(Cl)cc1)C(=O)c1cc(C2CC2)[nH]n1. The van der Waals surface area contributed by atoms with Gasteiger partial charge in [0.15, 0.2) is 0 Å². The van der Waals surface area contributed by atoms with Crippen molar-refractivity contribution in [3.8, 4) is 5.75 Å². The van der Waals surface area contributed by atoms with Crippen molar-refractivity contribution in [3.63, 3.8) is 0 Å². The van der Waals surface area contributed by atoms with Crippen molar-refractivity contribution < 1.29 is 9.53 Å². The number of aromatic nitrogens is 2. The molecule has 2 aromatic rings. The Bertz CT molecular complexity index is 650. The highest BCUT2D eigenvalue weighted by molar-refractivity contribution is 6.30. The smallest absolute Gasteiger partial charge is 0.274 e. The maximum absolute atomic E-state index is 12.3. The quantitative estimate of drug-likeness (QED) is 0.890. The number of halogens is 1. The topological polar surface area (TPSA) is 58.2 Å². The summed E-state index contributed by atoms with van der Waals surface area (Å²) in [6, 6.07) is 9.01. The molecule has 3 rings (SSSR count). The van der Waals surface area contributed by atoms with Crippen LogP contribution in [0.1, 0.15) is 34.9 Å². The molecule has 1 aliphatic rings. The summed E-state index contributed by atoms with van der Waals surface area (Å²) >= 11 is 5.82. The number of H-pyrrole nitrogens is 1. The fourth-order valence-electron chi connectivity index (χ4n) is 2.18. The Morgan fingerprint density at radius 1 is 1.41 bits per heavy atom. The fraction of sp³-hybridized carbons (Fsp3) is 0.375. The predicted molar refractivity (Wildman–Crippen MR) is 84.5 cm³/mol. The van der Waals surface area contributed by atoms with Crippen LogP contribution in [0.2, 0.25) is 5.02 Å². The third-order valence-corrected chi connectivity index (χ3v) is 3.94. The number of aromatic amines is 1. The predicted octanol–water partition coefficient (Wildman–Crippen LogP) is 3.09. The van der Waals surface area contributed by atoms with Gasteiger partial charge in [-0.1, -0.05) is 11.6 Å². The van der Waals surface area contributed by atoms with Crippen molar-refractivity contribution in [1.29, 1.82) is 0 Å². The van der Waals surface area contributed by atoms with Gasteiger partial charge in [-0.3, -0.25) is 9.89 Å². The monoisotopic (exact) mass is 319 g/mol. The molecule has 0 spiro atoms. The fourth-order valence-corrected chi connectivity index (χ4v) is 2.30. The second-order valence-corrected chi connectivity index (χ2v) is 5.95. The molecule has 1 heterocycles. The first kappa shape index (κ1) is 14.9. The molecular formula is C16H18ClN3O2. The lowest BCUT2D eigenvalue weighted by molar-refractivity contribution is 0.0768. The number of rotatable bonds is 6. The Kier molecular flexibility index (Phi) is 4.34. The lowest BCUT2D eigenvalue weighted by Crippen LogP contribution is -2.31. The number of carbonyl (C=O) groups is 1. The van der Waals surface area contributed by atoms with Crippen LogP contribution in [0.4, 0.5) is 0 Å². The number of likely N-dealkylation sites (N-methyl/N-ethyl adjacent to an activating group) is 1. The van der Waals surface area contributed by atoms with Crippen LogP contribution in [0.5, 0.6) is 5.75 Å². The molecule has 0 saturated heterocycles. The van der Waals surface area contributed by atoms with Gasteiger partial charge in [0.05, 0.1) is 6.54 Å². The first-order valence-electron chi connectivity index (χ1n) is 7.32. The summed E-state index contributed by atoms with van der Waals surface area (Å²) in [6.45, 7) is 0.914. The average Bonchev–Trinajstić information content (AvgIpc) is 3.26. The van der Waals surface area contributed by atoms with E-state index >= 15 is 0 Å². The molecule has 1 fully saturated rings. The van der Waals surface area contributed by atoms with Crippen LogP contribution in [0.3, 0.4) is 0 Å². The average molecular weight is 320 g/mol. The zero-order valence-electron chi connectivity index (χ0n) is 12.4. The molecule has 0 bridgehead atoms. The number of carbonyl (C=O) groups excluding carboxylic acids is 1. The molecule has 1 aromatic heterocycles. The van der Waals surface area contributed by atoms with Crippen molar-refractivity contribution in [2.75, 3.05) is 20.2 Å². The molecule has 1 amide bonds. The Morgan fingerprint density at radius 2 is 2.14 bits per heavy atom. The van der Waals surface area contributed by atoms with Gasteiger partial charge in [-0.15, -0.1) is 0 Å². The summed E-state index contributed by atoms with van der Waals surface area (Å²) in [5, 5.41) is 7.72. The van der Waals surface area contributed by atoms with Gasteiger partial charge in [0.1, 0.15) is 18.1 Å². The van der Waals surface area contributed by atoms with Gasteiger partial charge in [0.25, 0.3) is 5.91 Å². The van der Waals surface area contributed by atoms with E-state index < -0.39 is 0 Å². The van der Waals surface area contributed by atoms with Crippen LogP contribution < -0.4 is 4.74 Å². The summed E-state index contributed by atoms with van der Waals surface area (Å²) in [6.07, 6.45) is 2.36. The van der Waals surface area contributed by atoms with E-state index in [9.17, 15) is 4.79 Å². The van der Waals surface area contributed by atoms with E-state index in [0.717, 1.165) is 11.4 Å². The van der Waals surface area contributed by atoms with Crippen LogP contribution >= 0.6 is 11.6 Å². The number of amides is 1. The molecule has 1 aliphatic carbocycles. The highest BCUT2D eigenvalue weighted by Crippen LogP contribution is 2.39. The lowest BCUT2D eigenvalue weighted by atomic mass is 10.2. The highest BCUT2D eigenvalue weighted by Gasteiger charge is 2.27. The van der Waals surface area contributed by atoms with E-state index in [-0.39, 0.29) is 5.91 Å². The number of ether oxygens (including phenoxy) is 1. The molecule has 0 atom stereocenters. The van der Waals surface area contributed by atoms with E-state index in [1.165, 1.54) is 12.8 Å². The molecule has 22 heavy (non-hydrogen) atoms. The second kappa shape index (κ2) is 6.40. The first-order chi connectivity index (χ1) is 10.6. The molecule has 0 radical (unpaired) electrons. The second-order valence-electron chi connectivity index (χ2n) is 5.51. The van der Waals surface area contributed by atoms with Crippen LogP contribution in [0.15, 0.2) is 30.3 Å². The molecule has 1 aromatic carbocycles. The Balaban J connectivity index is 1.49. The number of nitrogens with one attached hydrogen (secondary N) is 1. The highest BCUT2D eigenvalue weighted by atomic mass is 35.5. The normalized spacial score (nSPS) is 13.9. The van der Waals surface area contributed by atoms with Gasteiger partial charge >= 0.3 is 0 Å². The molecule has 5 nitrogen and oxygen atoms in total. The third kappa shape index (κ3) is 3.60. The lowest BCUT2D eigenvalue weighted by Gasteiger charge is -2.16. The first-order valence-corrected chi connectivity index (χ1v) is 7.70. The van der Waals surface area contributed by atoms with E-state index in [2.05, 4.69) is 10.2 Å². The Labute approximate surface area is 134 Å². The van der Waals surface area contributed by atoms with Crippen molar-refractivity contribution in [2.45, 2.75) is 18.8 Å². The molecule has 116 valence electrons. The third-order valence-electron chi connectivity index (χ3n) is 3.69. The number of benzene rings is 1. The zero-order valence-corrected chi connectivity index (χ0v) is 13.1. The van der Waals surface area contributed by atoms with Gasteiger partial charge < -0.3 is 9.64 Å². The molecular weight excluding hydrogens is 302 g/mol. The van der Waals surface area contributed by atoms with Crippen LogP contribution in [-0.2, 0) is 0 Å². The summed E-state index contributed by atoms with van der Waals surface area (Å²) in [7, 11) is 1.75. The van der Waals surface area contributed by atoms with Crippen LogP contribution in [0.25, 0.3) is 0 Å². The Hall–Kier alpha value is -2.01.